The molecule has 0 bridgehead atoms. The van der Waals surface area contributed by atoms with Gasteiger partial charge in [-0.3, -0.25) is 4.79 Å². The Bertz CT molecular complexity index is 1200. The summed E-state index contributed by atoms with van der Waals surface area (Å²) in [6, 6.07) is 7.90. The van der Waals surface area contributed by atoms with E-state index in [9.17, 15) is 4.79 Å². The number of nitrogen functional groups attached to an aromatic ring is 1. The van der Waals surface area contributed by atoms with Crippen LogP contribution in [0, 0.1) is 0 Å². The first-order valence-corrected chi connectivity index (χ1v) is 17.9. The second-order valence-electron chi connectivity index (χ2n) is 11.3. The fourth-order valence-electron chi connectivity index (χ4n) is 5.22. The van der Waals surface area contributed by atoms with Crippen molar-refractivity contribution in [1.29, 1.82) is 0 Å². The van der Waals surface area contributed by atoms with Crippen LogP contribution in [0.4, 0.5) is 5.82 Å². The van der Waals surface area contributed by atoms with Crippen LogP contribution in [0.3, 0.4) is 0 Å². The van der Waals surface area contributed by atoms with E-state index in [0.717, 1.165) is 53.7 Å². The second kappa shape index (κ2) is 21.2. The van der Waals surface area contributed by atoms with Gasteiger partial charge in [-0.2, -0.15) is 16.5 Å². The van der Waals surface area contributed by atoms with Crippen LogP contribution in [0.2, 0.25) is 0 Å². The third-order valence-electron chi connectivity index (χ3n) is 7.65. The number of carbonyl (C=O) groups excluding carboxylic acids is 1. The lowest BCUT2D eigenvalue weighted by Gasteiger charge is -2.13. The molecule has 2 aromatic heterocycles. The number of imidazole rings is 1. The summed E-state index contributed by atoms with van der Waals surface area (Å²) in [4.78, 5) is 27.6. The minimum atomic E-state index is 0.0999. The molecule has 1 aromatic carbocycles. The number of rotatable bonds is 25. The minimum Gasteiger partial charge on any atom is -0.410 e. The van der Waals surface area contributed by atoms with Crippen molar-refractivity contribution in [3.8, 4) is 0 Å². The number of pyridine rings is 1. The van der Waals surface area contributed by atoms with E-state index in [2.05, 4.69) is 24.1 Å². The van der Waals surface area contributed by atoms with Gasteiger partial charge >= 0.3 is 0 Å². The molecule has 0 unspecified atom stereocenters. The number of ether oxygens (including phenoxy) is 1. The van der Waals surface area contributed by atoms with Crippen LogP contribution in [-0.4, -0.2) is 58.5 Å². The zero-order valence-electron chi connectivity index (χ0n) is 26.7. The van der Waals surface area contributed by atoms with Crippen LogP contribution in [0.1, 0.15) is 110 Å². The molecule has 0 saturated carbocycles. The average molecular weight is 614 g/mol. The lowest BCUT2D eigenvalue weighted by molar-refractivity contribution is -0.121. The van der Waals surface area contributed by atoms with Crippen LogP contribution in [0.5, 0.6) is 0 Å². The van der Waals surface area contributed by atoms with Crippen LogP contribution in [0.25, 0.3) is 21.9 Å². The quantitative estimate of drug-likeness (QED) is 0.0953. The number of benzene rings is 1. The van der Waals surface area contributed by atoms with Crippen molar-refractivity contribution in [3.63, 3.8) is 0 Å². The highest BCUT2D eigenvalue weighted by molar-refractivity contribution is 7.99. The number of hydrogen-bond donors (Lipinski definition) is 2. The number of fused-ring (bicyclic) bond motifs is 3. The van der Waals surface area contributed by atoms with Gasteiger partial charge in [-0.15, -0.1) is 0 Å². The molecule has 3 N–H and O–H groups in total. The minimum absolute atomic E-state index is 0.0999. The highest BCUT2D eigenvalue weighted by Gasteiger charge is 2.18. The van der Waals surface area contributed by atoms with E-state index in [1.807, 2.05) is 40.8 Å². The smallest absolute Gasteiger partial charge is 0.220 e. The maximum Gasteiger partial charge on any atom is 0.220 e. The molecule has 0 atom stereocenters. The molecule has 0 aliphatic rings. The molecule has 0 spiro atoms. The van der Waals surface area contributed by atoms with Gasteiger partial charge in [0.1, 0.15) is 23.5 Å². The van der Waals surface area contributed by atoms with Gasteiger partial charge in [0.25, 0.3) is 0 Å². The number of aromatic nitrogens is 3. The topological polar surface area (TPSA) is 104 Å². The summed E-state index contributed by atoms with van der Waals surface area (Å²) in [5.74, 6) is 3.62. The van der Waals surface area contributed by atoms with E-state index in [1.165, 1.54) is 70.0 Å². The number of para-hydroxylation sites is 1. The molecule has 8 nitrogen and oxygen atoms in total. The fourth-order valence-corrected chi connectivity index (χ4v) is 6.18. The van der Waals surface area contributed by atoms with Gasteiger partial charge in [0.05, 0.1) is 18.7 Å². The SMILES string of the molecule is CCCCCCCCCCCCSCCCC(=O)NCCOCCOn1c(CCCC)nc2c(N)nc3ccccc3c21. The first-order valence-electron chi connectivity index (χ1n) is 16.8. The summed E-state index contributed by atoms with van der Waals surface area (Å²) in [5, 5.41) is 3.93. The largest absolute Gasteiger partial charge is 0.410 e. The molecule has 0 saturated heterocycles. The van der Waals surface area contributed by atoms with Crippen molar-refractivity contribution >= 4 is 45.4 Å². The number of unbranched alkanes of at least 4 members (excludes halogenated alkanes) is 10. The predicted octanol–water partition coefficient (Wildman–Crippen LogP) is 7.51. The van der Waals surface area contributed by atoms with Gasteiger partial charge in [-0.1, -0.05) is 96.3 Å². The monoisotopic (exact) mass is 613 g/mol. The van der Waals surface area contributed by atoms with Crippen LogP contribution < -0.4 is 15.9 Å². The Morgan fingerprint density at radius 3 is 2.33 bits per heavy atom. The third-order valence-corrected chi connectivity index (χ3v) is 8.81. The van der Waals surface area contributed by atoms with Crippen LogP contribution >= 0.6 is 11.8 Å². The van der Waals surface area contributed by atoms with Crippen LogP contribution in [-0.2, 0) is 16.0 Å². The van der Waals surface area contributed by atoms with Gasteiger partial charge in [-0.05, 0) is 36.8 Å². The van der Waals surface area contributed by atoms with E-state index in [1.54, 1.807) is 0 Å². The number of nitrogens with zero attached hydrogens (tertiary/aromatic N) is 3. The highest BCUT2D eigenvalue weighted by Crippen LogP contribution is 2.28. The Labute approximate surface area is 263 Å². The molecule has 0 radical (unpaired) electrons. The molecule has 9 heteroatoms. The number of nitrogens with two attached hydrogens (primary N) is 1. The standard InChI is InChI=1S/C34H55N5O3S/c1-3-5-7-8-9-10-11-12-13-16-26-43-27-17-21-31(40)36-22-23-41-24-25-42-39-30(20-6-4-2)38-32-33(39)28-18-14-15-19-29(28)37-34(32)35/h14-15,18-19H,3-13,16-17,20-27H2,1-2H3,(H2,35,37)(H,36,40). The Hall–Kier alpha value is -2.52. The summed E-state index contributed by atoms with van der Waals surface area (Å²) in [7, 11) is 0. The van der Waals surface area contributed by atoms with Crippen molar-refractivity contribution in [2.75, 3.05) is 43.6 Å². The van der Waals surface area contributed by atoms with Crippen LogP contribution in [0.15, 0.2) is 24.3 Å². The molecule has 0 fully saturated rings. The average Bonchev–Trinajstić information content (AvgIpc) is 3.38. The van der Waals surface area contributed by atoms with Crippen molar-refractivity contribution in [2.45, 2.75) is 110 Å². The molecular formula is C34H55N5O3S. The molecule has 0 aliphatic heterocycles. The summed E-state index contributed by atoms with van der Waals surface area (Å²) in [6.45, 7) is 6.17. The first-order chi connectivity index (χ1) is 21.2. The molecular weight excluding hydrogens is 558 g/mol. The molecule has 2 heterocycles. The Kier molecular flexibility index (Phi) is 17.3. The molecule has 3 aromatic rings. The lowest BCUT2D eigenvalue weighted by Crippen LogP contribution is -2.28. The van der Waals surface area contributed by atoms with Gasteiger partial charge in [0.15, 0.2) is 5.82 Å². The van der Waals surface area contributed by atoms with Gasteiger partial charge in [-0.25, -0.2) is 9.97 Å². The molecule has 3 rings (SSSR count). The van der Waals surface area contributed by atoms with Gasteiger partial charge in [0, 0.05) is 24.8 Å². The Balaban J connectivity index is 1.23. The number of hydrogen-bond acceptors (Lipinski definition) is 7. The molecule has 1 amide bonds. The number of nitrogens with one attached hydrogen (secondary N) is 1. The van der Waals surface area contributed by atoms with Crippen molar-refractivity contribution < 1.29 is 14.4 Å². The van der Waals surface area contributed by atoms with E-state index in [0.29, 0.717) is 44.1 Å². The zero-order chi connectivity index (χ0) is 30.5. The van der Waals surface area contributed by atoms with E-state index < -0.39 is 0 Å². The van der Waals surface area contributed by atoms with Crippen molar-refractivity contribution in [2.24, 2.45) is 0 Å². The summed E-state index contributed by atoms with van der Waals surface area (Å²) in [5.41, 5.74) is 8.59. The predicted molar refractivity (Wildman–Crippen MR) is 182 cm³/mol. The summed E-state index contributed by atoms with van der Waals surface area (Å²) < 4.78 is 7.55. The van der Waals surface area contributed by atoms with E-state index in [4.69, 9.17) is 20.3 Å². The fraction of sp³-hybridized carbons (Fsp3) is 0.676. The normalized spacial score (nSPS) is 11.5. The lowest BCUT2D eigenvalue weighted by atomic mass is 10.1. The first kappa shape index (κ1) is 35.0. The Morgan fingerprint density at radius 2 is 1.56 bits per heavy atom. The number of anilines is 1. The highest BCUT2D eigenvalue weighted by atomic mass is 32.2. The Morgan fingerprint density at radius 1 is 0.860 bits per heavy atom. The third kappa shape index (κ3) is 12.5. The maximum absolute atomic E-state index is 12.2. The molecule has 240 valence electrons. The van der Waals surface area contributed by atoms with Gasteiger partial charge in [0.2, 0.25) is 5.91 Å². The molecule has 43 heavy (non-hydrogen) atoms. The number of thioether (sulfide) groups is 1. The maximum atomic E-state index is 12.2. The van der Waals surface area contributed by atoms with Crippen molar-refractivity contribution in [3.05, 3.63) is 30.1 Å². The molecule has 0 aliphatic carbocycles. The number of carbonyl (C=O) groups is 1. The van der Waals surface area contributed by atoms with Gasteiger partial charge < -0.3 is 20.6 Å². The van der Waals surface area contributed by atoms with E-state index in [-0.39, 0.29) is 5.91 Å². The van der Waals surface area contributed by atoms with Crippen molar-refractivity contribution in [1.82, 2.24) is 20.0 Å². The summed E-state index contributed by atoms with van der Waals surface area (Å²) in [6.07, 6.45) is 18.1. The van der Waals surface area contributed by atoms with E-state index >= 15 is 0 Å². The second-order valence-corrected chi connectivity index (χ2v) is 12.6. The summed E-state index contributed by atoms with van der Waals surface area (Å²) >= 11 is 1.98. The zero-order valence-corrected chi connectivity index (χ0v) is 27.5. The number of aryl methyl sites for hydroxylation is 1. The number of amides is 1.